The first-order valence-electron chi connectivity index (χ1n) is 3.51. The minimum atomic E-state index is -0.427. The van der Waals surface area contributed by atoms with E-state index in [1.807, 2.05) is 30.3 Å². The lowest BCUT2D eigenvalue weighted by Crippen LogP contribution is -1.96. The van der Waals surface area contributed by atoms with Crippen molar-refractivity contribution in [3.05, 3.63) is 35.9 Å². The molecule has 0 aliphatic heterocycles. The zero-order chi connectivity index (χ0) is 8.81. The van der Waals surface area contributed by atoms with Crippen molar-refractivity contribution in [2.45, 2.75) is 6.10 Å². The fourth-order valence-electron chi connectivity index (χ4n) is 0.890. The van der Waals surface area contributed by atoms with E-state index in [0.29, 0.717) is 0 Å². The molecule has 1 aromatic carbocycles. The lowest BCUT2D eigenvalue weighted by atomic mass is 10.1. The Morgan fingerprint density at radius 2 is 2.08 bits per heavy atom. The van der Waals surface area contributed by atoms with Crippen LogP contribution in [0.2, 0.25) is 0 Å². The van der Waals surface area contributed by atoms with Crippen LogP contribution in [0.25, 0.3) is 0 Å². The molecule has 1 rings (SSSR count). The van der Waals surface area contributed by atoms with Gasteiger partial charge in [0.05, 0.1) is 0 Å². The van der Waals surface area contributed by atoms with Crippen LogP contribution in [-0.2, 0) is 4.84 Å². The highest BCUT2D eigenvalue weighted by atomic mass is 16.6. The van der Waals surface area contributed by atoms with Crippen molar-refractivity contribution in [1.29, 1.82) is 0 Å². The summed E-state index contributed by atoms with van der Waals surface area (Å²) in [5.41, 5.74) is 0.910. The molecule has 0 saturated carbocycles. The van der Waals surface area contributed by atoms with E-state index >= 15 is 0 Å². The molecule has 0 aliphatic rings. The minimum Gasteiger partial charge on any atom is -0.375 e. The number of hydrogen-bond donors (Lipinski definition) is 0. The van der Waals surface area contributed by atoms with Gasteiger partial charge in [0.15, 0.2) is 0 Å². The third-order valence-corrected chi connectivity index (χ3v) is 1.43. The van der Waals surface area contributed by atoms with Gasteiger partial charge in [0.1, 0.15) is 0 Å². The third-order valence-electron chi connectivity index (χ3n) is 1.43. The lowest BCUT2D eigenvalue weighted by molar-refractivity contribution is 0.102. The average molecular weight is 159 g/mol. The fraction of sp³-hybridized carbons (Fsp3) is 0.100. The summed E-state index contributed by atoms with van der Waals surface area (Å²) in [7, 11) is 0. The number of rotatable bonds is 3. The number of oxime groups is 1. The summed E-state index contributed by atoms with van der Waals surface area (Å²) < 4.78 is 0. The van der Waals surface area contributed by atoms with Crippen LogP contribution < -0.4 is 0 Å². The van der Waals surface area contributed by atoms with Crippen molar-refractivity contribution in [2.24, 2.45) is 5.16 Å². The van der Waals surface area contributed by atoms with Crippen molar-refractivity contribution in [3.8, 4) is 12.3 Å². The van der Waals surface area contributed by atoms with Gasteiger partial charge in [-0.2, -0.15) is 0 Å². The molecular formula is C10H9NO. The molecule has 2 nitrogen and oxygen atoms in total. The van der Waals surface area contributed by atoms with Gasteiger partial charge < -0.3 is 4.84 Å². The number of nitrogens with zero attached hydrogens (tertiary/aromatic N) is 1. The zero-order valence-electron chi connectivity index (χ0n) is 6.60. The predicted molar refractivity (Wildman–Crippen MR) is 48.7 cm³/mol. The van der Waals surface area contributed by atoms with E-state index in [1.165, 1.54) is 0 Å². The molecule has 0 aromatic heterocycles. The van der Waals surface area contributed by atoms with Crippen molar-refractivity contribution < 1.29 is 4.84 Å². The molecule has 0 unspecified atom stereocenters. The first-order valence-corrected chi connectivity index (χ1v) is 3.51. The maximum absolute atomic E-state index is 5.23. The van der Waals surface area contributed by atoms with Gasteiger partial charge in [-0.25, -0.2) is 0 Å². The second kappa shape index (κ2) is 4.20. The zero-order valence-corrected chi connectivity index (χ0v) is 6.60. The van der Waals surface area contributed by atoms with Gasteiger partial charge in [-0.3, -0.25) is 0 Å². The molecule has 0 fully saturated rings. The summed E-state index contributed by atoms with van der Waals surface area (Å²) in [6, 6.07) is 9.47. The SMILES string of the molecule is C#C[C@H](ON=C)c1ccccc1. The van der Waals surface area contributed by atoms with Crippen LogP contribution in [0.1, 0.15) is 11.7 Å². The third kappa shape index (κ3) is 1.86. The van der Waals surface area contributed by atoms with Gasteiger partial charge in [-0.1, -0.05) is 36.3 Å². The number of terminal acetylenes is 1. The van der Waals surface area contributed by atoms with E-state index in [9.17, 15) is 0 Å². The molecular weight excluding hydrogens is 150 g/mol. The molecule has 1 aromatic rings. The summed E-state index contributed by atoms with van der Waals surface area (Å²) in [6.45, 7) is 3.21. The second-order valence-corrected chi connectivity index (χ2v) is 2.19. The largest absolute Gasteiger partial charge is 0.375 e. The Kier molecular flexibility index (Phi) is 2.92. The van der Waals surface area contributed by atoms with Crippen molar-refractivity contribution in [3.63, 3.8) is 0 Å². The molecule has 0 bridgehead atoms. The maximum atomic E-state index is 5.23. The Labute approximate surface area is 71.9 Å². The summed E-state index contributed by atoms with van der Waals surface area (Å²) in [6.07, 6.45) is 4.80. The summed E-state index contributed by atoms with van der Waals surface area (Å²) in [4.78, 5) is 4.85. The van der Waals surface area contributed by atoms with Gasteiger partial charge in [-0.15, -0.1) is 11.6 Å². The van der Waals surface area contributed by atoms with Crippen LogP contribution in [0.15, 0.2) is 35.5 Å². The number of benzene rings is 1. The van der Waals surface area contributed by atoms with Crippen LogP contribution in [0.4, 0.5) is 0 Å². The number of hydrogen-bond acceptors (Lipinski definition) is 2. The van der Waals surface area contributed by atoms with Crippen LogP contribution in [-0.4, -0.2) is 6.72 Å². The molecule has 0 saturated heterocycles. The predicted octanol–water partition coefficient (Wildman–Crippen LogP) is 1.99. The molecule has 0 aliphatic carbocycles. The topological polar surface area (TPSA) is 21.6 Å². The van der Waals surface area contributed by atoms with Crippen molar-refractivity contribution in [2.75, 3.05) is 0 Å². The highest BCUT2D eigenvalue weighted by Crippen LogP contribution is 2.15. The standard InChI is InChI=1S/C10H9NO/c1-3-10(12-11-2)9-7-5-4-6-8-9/h1,4-8,10H,2H2/t10-/m0/s1. The van der Waals surface area contributed by atoms with E-state index in [0.717, 1.165) is 5.56 Å². The Bertz CT molecular complexity index is 286. The maximum Gasteiger partial charge on any atom is 0.212 e. The second-order valence-electron chi connectivity index (χ2n) is 2.19. The normalized spacial score (nSPS) is 11.2. The van der Waals surface area contributed by atoms with Crippen LogP contribution >= 0.6 is 0 Å². The quantitative estimate of drug-likeness (QED) is 0.375. The Balaban J connectivity index is 2.82. The Hall–Kier alpha value is -1.75. The molecule has 12 heavy (non-hydrogen) atoms. The lowest BCUT2D eigenvalue weighted by Gasteiger charge is -2.07. The van der Waals surface area contributed by atoms with Gasteiger partial charge in [0.2, 0.25) is 6.10 Å². The van der Waals surface area contributed by atoms with Gasteiger partial charge in [-0.05, 0) is 0 Å². The highest BCUT2D eigenvalue weighted by molar-refractivity contribution is 5.25. The summed E-state index contributed by atoms with van der Waals surface area (Å²) in [5.74, 6) is 2.46. The van der Waals surface area contributed by atoms with Gasteiger partial charge >= 0.3 is 0 Å². The van der Waals surface area contributed by atoms with Crippen molar-refractivity contribution >= 4 is 6.72 Å². The average Bonchev–Trinajstić information content (AvgIpc) is 2.15. The minimum absolute atomic E-state index is 0.427. The molecule has 0 amide bonds. The summed E-state index contributed by atoms with van der Waals surface area (Å²) in [5, 5.41) is 3.29. The van der Waals surface area contributed by atoms with E-state index < -0.39 is 6.10 Å². The van der Waals surface area contributed by atoms with Crippen LogP contribution in [0.3, 0.4) is 0 Å². The molecule has 0 radical (unpaired) electrons. The van der Waals surface area contributed by atoms with Crippen molar-refractivity contribution in [1.82, 2.24) is 0 Å². The van der Waals surface area contributed by atoms with Crippen LogP contribution in [0.5, 0.6) is 0 Å². The first-order chi connectivity index (χ1) is 5.88. The van der Waals surface area contributed by atoms with Gasteiger partial charge in [0, 0.05) is 12.3 Å². The van der Waals surface area contributed by atoms with E-state index in [1.54, 1.807) is 0 Å². The fourth-order valence-corrected chi connectivity index (χ4v) is 0.890. The van der Waals surface area contributed by atoms with E-state index in [4.69, 9.17) is 11.3 Å². The van der Waals surface area contributed by atoms with Crippen LogP contribution in [0, 0.1) is 12.3 Å². The first kappa shape index (κ1) is 8.35. The monoisotopic (exact) mass is 159 g/mol. The van der Waals surface area contributed by atoms with E-state index in [-0.39, 0.29) is 0 Å². The molecule has 0 N–H and O–H groups in total. The Morgan fingerprint density at radius 3 is 2.58 bits per heavy atom. The summed E-state index contributed by atoms with van der Waals surface area (Å²) >= 11 is 0. The molecule has 60 valence electrons. The van der Waals surface area contributed by atoms with Gasteiger partial charge in [0.25, 0.3) is 0 Å². The highest BCUT2D eigenvalue weighted by Gasteiger charge is 2.06. The molecule has 1 atom stereocenters. The molecule has 0 spiro atoms. The van der Waals surface area contributed by atoms with E-state index in [2.05, 4.69) is 17.8 Å². The molecule has 2 heteroatoms. The molecule has 0 heterocycles. The smallest absolute Gasteiger partial charge is 0.212 e. The Morgan fingerprint density at radius 1 is 1.42 bits per heavy atom.